The highest BCUT2D eigenvalue weighted by Gasteiger charge is 2.32. The molecule has 1 rings (SSSR count). The van der Waals surface area contributed by atoms with Crippen molar-refractivity contribution in [3.63, 3.8) is 0 Å². The second-order valence-corrected chi connectivity index (χ2v) is 4.75. The van der Waals surface area contributed by atoms with Gasteiger partial charge in [0.1, 0.15) is 11.6 Å². The SMILES string of the molecule is CC(C)(CCO)Nc1cc(C(F)(F)F)cc(NN)n1. The van der Waals surface area contributed by atoms with Crippen molar-refractivity contribution in [1.82, 2.24) is 4.98 Å². The molecule has 5 N–H and O–H groups in total. The Hall–Kier alpha value is -1.54. The molecule has 0 bridgehead atoms. The molecule has 1 heterocycles. The average molecular weight is 278 g/mol. The number of aromatic nitrogens is 1. The molecule has 0 saturated carbocycles. The van der Waals surface area contributed by atoms with Crippen LogP contribution in [-0.2, 0) is 6.18 Å². The summed E-state index contributed by atoms with van der Waals surface area (Å²) in [6, 6.07) is 1.73. The first kappa shape index (κ1) is 15.5. The Morgan fingerprint density at radius 1 is 1.26 bits per heavy atom. The molecular weight excluding hydrogens is 261 g/mol. The first-order chi connectivity index (χ1) is 8.68. The van der Waals surface area contributed by atoms with Crippen molar-refractivity contribution in [2.24, 2.45) is 5.84 Å². The van der Waals surface area contributed by atoms with Gasteiger partial charge in [0.05, 0.1) is 5.56 Å². The number of aliphatic hydroxyl groups excluding tert-OH is 1. The van der Waals surface area contributed by atoms with Gasteiger partial charge in [-0.3, -0.25) is 0 Å². The minimum atomic E-state index is -4.48. The van der Waals surface area contributed by atoms with Gasteiger partial charge in [-0.1, -0.05) is 0 Å². The summed E-state index contributed by atoms with van der Waals surface area (Å²) in [4.78, 5) is 3.90. The fourth-order valence-electron chi connectivity index (χ4n) is 1.52. The van der Waals surface area contributed by atoms with E-state index in [9.17, 15) is 13.2 Å². The highest BCUT2D eigenvalue weighted by molar-refractivity contribution is 5.50. The summed E-state index contributed by atoms with van der Waals surface area (Å²) in [5.41, 5.74) is 0.662. The van der Waals surface area contributed by atoms with Crippen LogP contribution >= 0.6 is 0 Å². The lowest BCUT2D eigenvalue weighted by Gasteiger charge is -2.26. The van der Waals surface area contributed by atoms with Crippen LogP contribution in [0.5, 0.6) is 0 Å². The number of hydrazine groups is 1. The lowest BCUT2D eigenvalue weighted by atomic mass is 10.0. The first-order valence-corrected chi connectivity index (χ1v) is 5.63. The standard InChI is InChI=1S/C11H17F3N4O/c1-10(2,3-4-19)17-8-5-7(11(12,13)14)6-9(16-8)18-15/h5-6,19H,3-4,15H2,1-2H3,(H2,16,17,18). The van der Waals surface area contributed by atoms with Gasteiger partial charge in [0, 0.05) is 12.1 Å². The number of rotatable bonds is 5. The summed E-state index contributed by atoms with van der Waals surface area (Å²) < 4.78 is 38.1. The fraction of sp³-hybridized carbons (Fsp3) is 0.545. The van der Waals surface area contributed by atoms with Crippen LogP contribution in [0.15, 0.2) is 12.1 Å². The number of nitrogen functional groups attached to an aromatic ring is 1. The molecule has 0 saturated heterocycles. The van der Waals surface area contributed by atoms with Crippen molar-refractivity contribution < 1.29 is 18.3 Å². The number of hydrogen-bond donors (Lipinski definition) is 4. The second-order valence-electron chi connectivity index (χ2n) is 4.75. The van der Waals surface area contributed by atoms with Crippen LogP contribution in [0, 0.1) is 0 Å². The van der Waals surface area contributed by atoms with Gasteiger partial charge in [-0.25, -0.2) is 10.8 Å². The van der Waals surface area contributed by atoms with Gasteiger partial charge in [0.15, 0.2) is 0 Å². The van der Waals surface area contributed by atoms with Crippen molar-refractivity contribution in [2.45, 2.75) is 32.0 Å². The van der Waals surface area contributed by atoms with Crippen LogP contribution in [0.25, 0.3) is 0 Å². The number of nitrogens with zero attached hydrogens (tertiary/aromatic N) is 1. The summed E-state index contributed by atoms with van der Waals surface area (Å²) in [5.74, 6) is 5.06. The Labute approximate surface area is 109 Å². The Bertz CT molecular complexity index is 434. The third kappa shape index (κ3) is 4.56. The molecule has 0 aliphatic rings. The number of hydrogen-bond acceptors (Lipinski definition) is 5. The van der Waals surface area contributed by atoms with Gasteiger partial charge < -0.3 is 15.8 Å². The predicted molar refractivity (Wildman–Crippen MR) is 66.5 cm³/mol. The predicted octanol–water partition coefficient (Wildman–Crippen LogP) is 1.96. The molecule has 19 heavy (non-hydrogen) atoms. The average Bonchev–Trinajstić information content (AvgIpc) is 2.26. The molecule has 0 spiro atoms. The summed E-state index contributed by atoms with van der Waals surface area (Å²) >= 11 is 0. The van der Waals surface area contributed by atoms with E-state index in [4.69, 9.17) is 10.9 Å². The fourth-order valence-corrected chi connectivity index (χ4v) is 1.52. The minimum Gasteiger partial charge on any atom is -0.396 e. The van der Waals surface area contributed by atoms with Gasteiger partial charge >= 0.3 is 6.18 Å². The maximum atomic E-state index is 12.7. The van der Waals surface area contributed by atoms with Crippen LogP contribution in [0.1, 0.15) is 25.8 Å². The zero-order valence-electron chi connectivity index (χ0n) is 10.7. The van der Waals surface area contributed by atoms with E-state index in [2.05, 4.69) is 15.7 Å². The molecule has 108 valence electrons. The molecular formula is C11H17F3N4O. The Balaban J connectivity index is 3.07. The van der Waals surface area contributed by atoms with Gasteiger partial charge in [0.25, 0.3) is 0 Å². The molecule has 0 atom stereocenters. The number of nitrogens with one attached hydrogen (secondary N) is 2. The zero-order chi connectivity index (χ0) is 14.7. The minimum absolute atomic E-state index is 0.0428. The molecule has 0 aliphatic carbocycles. The third-order valence-electron chi connectivity index (χ3n) is 2.50. The van der Waals surface area contributed by atoms with E-state index in [1.165, 1.54) is 0 Å². The molecule has 0 radical (unpaired) electrons. The lowest BCUT2D eigenvalue weighted by Crippen LogP contribution is -2.32. The van der Waals surface area contributed by atoms with Crippen LogP contribution in [-0.4, -0.2) is 22.2 Å². The van der Waals surface area contributed by atoms with Crippen LogP contribution in [0.3, 0.4) is 0 Å². The summed E-state index contributed by atoms with van der Waals surface area (Å²) in [6.45, 7) is 3.42. The van der Waals surface area contributed by atoms with E-state index >= 15 is 0 Å². The topological polar surface area (TPSA) is 83.2 Å². The normalized spacial score (nSPS) is 12.4. The summed E-state index contributed by atoms with van der Waals surface area (Å²) in [7, 11) is 0. The third-order valence-corrected chi connectivity index (χ3v) is 2.50. The van der Waals surface area contributed by atoms with E-state index in [1.807, 2.05) is 0 Å². The highest BCUT2D eigenvalue weighted by Crippen LogP contribution is 2.32. The summed E-state index contributed by atoms with van der Waals surface area (Å²) in [6.07, 6.45) is -4.11. The van der Waals surface area contributed by atoms with Crippen molar-refractivity contribution >= 4 is 11.6 Å². The van der Waals surface area contributed by atoms with E-state index in [1.54, 1.807) is 13.8 Å². The van der Waals surface area contributed by atoms with Crippen molar-refractivity contribution in [3.05, 3.63) is 17.7 Å². The first-order valence-electron chi connectivity index (χ1n) is 5.63. The number of pyridine rings is 1. The molecule has 1 aromatic rings. The van der Waals surface area contributed by atoms with Crippen LogP contribution in [0.2, 0.25) is 0 Å². The number of nitrogens with two attached hydrogens (primary N) is 1. The van der Waals surface area contributed by atoms with Crippen molar-refractivity contribution in [3.8, 4) is 0 Å². The molecule has 0 amide bonds. The number of halogens is 3. The molecule has 5 nitrogen and oxygen atoms in total. The van der Waals surface area contributed by atoms with Gasteiger partial charge in [-0.05, 0) is 32.4 Å². The quantitative estimate of drug-likeness (QED) is 0.489. The highest BCUT2D eigenvalue weighted by atomic mass is 19.4. The zero-order valence-corrected chi connectivity index (χ0v) is 10.7. The number of alkyl halides is 3. The maximum Gasteiger partial charge on any atom is 0.416 e. The van der Waals surface area contributed by atoms with E-state index < -0.39 is 17.3 Å². The molecule has 8 heteroatoms. The summed E-state index contributed by atoms with van der Waals surface area (Å²) in [5, 5.41) is 11.7. The molecule has 0 unspecified atom stereocenters. The molecule has 0 fully saturated rings. The Morgan fingerprint density at radius 2 is 1.84 bits per heavy atom. The van der Waals surface area contributed by atoms with Gasteiger partial charge in [-0.15, -0.1) is 0 Å². The lowest BCUT2D eigenvalue weighted by molar-refractivity contribution is -0.137. The van der Waals surface area contributed by atoms with E-state index in [0.29, 0.717) is 6.42 Å². The van der Waals surface area contributed by atoms with Crippen molar-refractivity contribution in [1.29, 1.82) is 0 Å². The van der Waals surface area contributed by atoms with Gasteiger partial charge in [-0.2, -0.15) is 13.2 Å². The molecule has 1 aromatic heterocycles. The smallest absolute Gasteiger partial charge is 0.396 e. The Kier molecular flexibility index (Phi) is 4.59. The Morgan fingerprint density at radius 3 is 2.32 bits per heavy atom. The monoisotopic (exact) mass is 278 g/mol. The van der Waals surface area contributed by atoms with Crippen molar-refractivity contribution in [2.75, 3.05) is 17.3 Å². The van der Waals surface area contributed by atoms with Gasteiger partial charge in [0.2, 0.25) is 0 Å². The van der Waals surface area contributed by atoms with Crippen LogP contribution in [0.4, 0.5) is 24.8 Å². The van der Waals surface area contributed by atoms with E-state index in [0.717, 1.165) is 12.1 Å². The number of aliphatic hydroxyl groups is 1. The number of anilines is 2. The second kappa shape index (κ2) is 5.62. The largest absolute Gasteiger partial charge is 0.416 e. The van der Waals surface area contributed by atoms with E-state index in [-0.39, 0.29) is 18.2 Å². The van der Waals surface area contributed by atoms with Crippen LogP contribution < -0.4 is 16.6 Å². The molecule has 0 aliphatic heterocycles. The maximum absolute atomic E-state index is 12.7. The molecule has 0 aromatic carbocycles.